The molecule has 0 bridgehead atoms. The van der Waals surface area contributed by atoms with E-state index >= 15 is 0 Å². The molecule has 0 saturated heterocycles. The Labute approximate surface area is 182 Å². The highest BCUT2D eigenvalue weighted by Gasteiger charge is 2.11. The Morgan fingerprint density at radius 2 is 2.07 bits per heavy atom. The highest BCUT2D eigenvalue weighted by atomic mass is 127. The topological polar surface area (TPSA) is 95.5 Å². The number of guanidine groups is 1. The highest BCUT2D eigenvalue weighted by Crippen LogP contribution is 2.12. The predicted octanol–water partition coefficient (Wildman–Crippen LogP) is 2.28. The average Bonchev–Trinajstić information content (AvgIpc) is 3.05. The zero-order valence-corrected chi connectivity index (χ0v) is 19.6. The summed E-state index contributed by atoms with van der Waals surface area (Å²) >= 11 is 1.69. The van der Waals surface area contributed by atoms with Crippen LogP contribution in [0.5, 0.6) is 0 Å². The first kappa shape index (κ1) is 23.8. The molecule has 150 valence electrons. The zero-order chi connectivity index (χ0) is 19.0. The lowest BCUT2D eigenvalue weighted by molar-refractivity contribution is 0.588. The number of thiazole rings is 1. The third-order valence-corrected chi connectivity index (χ3v) is 5.93. The summed E-state index contributed by atoms with van der Waals surface area (Å²) in [7, 11) is -2.05. The maximum atomic E-state index is 11.9. The number of benzene rings is 1. The molecule has 10 heteroatoms. The minimum atomic E-state index is -3.45. The van der Waals surface area contributed by atoms with Gasteiger partial charge in [-0.3, -0.25) is 0 Å². The molecular formula is C17H26IN5O2S2. The lowest BCUT2D eigenvalue weighted by Crippen LogP contribution is -2.38. The Bertz CT molecular complexity index is 853. The van der Waals surface area contributed by atoms with Gasteiger partial charge in [-0.15, -0.1) is 35.3 Å². The van der Waals surface area contributed by atoms with E-state index in [0.29, 0.717) is 12.5 Å². The number of hydrogen-bond acceptors (Lipinski definition) is 5. The van der Waals surface area contributed by atoms with Crippen molar-refractivity contribution in [1.82, 2.24) is 20.3 Å². The van der Waals surface area contributed by atoms with E-state index in [2.05, 4.69) is 25.3 Å². The second-order valence-corrected chi connectivity index (χ2v) is 8.80. The first-order chi connectivity index (χ1) is 12.4. The van der Waals surface area contributed by atoms with Crippen LogP contribution in [-0.4, -0.2) is 39.5 Å². The van der Waals surface area contributed by atoms with Crippen LogP contribution >= 0.6 is 35.3 Å². The summed E-state index contributed by atoms with van der Waals surface area (Å²) in [6, 6.07) is 6.79. The van der Waals surface area contributed by atoms with Crippen molar-refractivity contribution in [3.05, 3.63) is 45.9 Å². The number of halogens is 1. The Morgan fingerprint density at radius 1 is 1.30 bits per heavy atom. The monoisotopic (exact) mass is 523 g/mol. The molecule has 0 fully saturated rings. The largest absolute Gasteiger partial charge is 0.357 e. The summed E-state index contributed by atoms with van der Waals surface area (Å²) < 4.78 is 26.1. The Hall–Kier alpha value is -1.24. The Balaban J connectivity index is 0.00000364. The second kappa shape index (κ2) is 11.6. The standard InChI is InChI=1S/C17H25N5O2S2.HI/c1-4-19-17(20-9-8-16-21-11-13(2)25-16)22-12-14-6-5-7-15(10-14)26(23,24)18-3;/h5-7,10-11,18H,4,8-9,12H2,1-3H3,(H2,19,20,22);1H. The minimum absolute atomic E-state index is 0. The van der Waals surface area contributed by atoms with Crippen LogP contribution in [0.4, 0.5) is 0 Å². The number of hydrogen-bond donors (Lipinski definition) is 3. The molecule has 3 N–H and O–H groups in total. The highest BCUT2D eigenvalue weighted by molar-refractivity contribution is 14.0. The fourth-order valence-electron chi connectivity index (χ4n) is 2.25. The van der Waals surface area contributed by atoms with Crippen LogP contribution in [0.25, 0.3) is 0 Å². The van der Waals surface area contributed by atoms with Crippen molar-refractivity contribution in [3.63, 3.8) is 0 Å². The molecule has 0 aliphatic carbocycles. The third-order valence-electron chi connectivity index (χ3n) is 3.54. The van der Waals surface area contributed by atoms with E-state index in [1.165, 1.54) is 11.9 Å². The van der Waals surface area contributed by atoms with Crippen molar-refractivity contribution in [2.24, 2.45) is 4.99 Å². The van der Waals surface area contributed by atoms with Gasteiger partial charge in [-0.2, -0.15) is 0 Å². The lowest BCUT2D eigenvalue weighted by Gasteiger charge is -2.11. The summed E-state index contributed by atoms with van der Waals surface area (Å²) in [4.78, 5) is 10.3. The van der Waals surface area contributed by atoms with E-state index in [4.69, 9.17) is 0 Å². The SMILES string of the molecule is CCNC(=NCc1cccc(S(=O)(=O)NC)c1)NCCc1ncc(C)s1.I. The molecular weight excluding hydrogens is 497 g/mol. The van der Waals surface area contributed by atoms with Crippen molar-refractivity contribution in [1.29, 1.82) is 0 Å². The number of sulfonamides is 1. The lowest BCUT2D eigenvalue weighted by atomic mass is 10.2. The van der Waals surface area contributed by atoms with E-state index in [-0.39, 0.29) is 28.9 Å². The summed E-state index contributed by atoms with van der Waals surface area (Å²) in [5.74, 6) is 0.697. The third kappa shape index (κ3) is 7.72. The van der Waals surface area contributed by atoms with Crippen LogP contribution in [0.1, 0.15) is 22.4 Å². The van der Waals surface area contributed by atoms with Crippen molar-refractivity contribution in [2.75, 3.05) is 20.1 Å². The molecule has 0 atom stereocenters. The van der Waals surface area contributed by atoms with E-state index < -0.39 is 10.0 Å². The van der Waals surface area contributed by atoms with Crippen LogP contribution in [-0.2, 0) is 23.0 Å². The molecule has 1 heterocycles. The van der Waals surface area contributed by atoms with Crippen LogP contribution in [0.15, 0.2) is 40.4 Å². The molecule has 0 aliphatic heterocycles. The Morgan fingerprint density at radius 3 is 2.70 bits per heavy atom. The first-order valence-electron chi connectivity index (χ1n) is 8.40. The molecule has 1 aromatic carbocycles. The second-order valence-electron chi connectivity index (χ2n) is 5.59. The van der Waals surface area contributed by atoms with Crippen molar-refractivity contribution in [2.45, 2.75) is 31.7 Å². The summed E-state index contributed by atoms with van der Waals surface area (Å²) in [6.07, 6.45) is 2.71. The average molecular weight is 523 g/mol. The van der Waals surface area contributed by atoms with Gasteiger partial charge in [-0.25, -0.2) is 23.1 Å². The number of rotatable bonds is 8. The van der Waals surface area contributed by atoms with E-state index in [1.807, 2.05) is 26.1 Å². The molecule has 0 radical (unpaired) electrons. The normalized spacial score (nSPS) is 11.7. The van der Waals surface area contributed by atoms with Crippen LogP contribution in [0, 0.1) is 6.92 Å². The Kier molecular flexibility index (Phi) is 10.2. The van der Waals surface area contributed by atoms with E-state index in [0.717, 1.165) is 30.1 Å². The predicted molar refractivity (Wildman–Crippen MR) is 121 cm³/mol. The maximum Gasteiger partial charge on any atom is 0.240 e. The number of aliphatic imine (C=N–C) groups is 1. The van der Waals surface area contributed by atoms with Crippen molar-refractivity contribution in [3.8, 4) is 0 Å². The summed E-state index contributed by atoms with van der Waals surface area (Å²) in [6.45, 7) is 5.91. The van der Waals surface area contributed by atoms with Crippen molar-refractivity contribution >= 4 is 51.3 Å². The molecule has 1 aromatic heterocycles. The summed E-state index contributed by atoms with van der Waals surface area (Å²) in [5, 5.41) is 7.56. The van der Waals surface area contributed by atoms with Gasteiger partial charge >= 0.3 is 0 Å². The fourth-order valence-corrected chi connectivity index (χ4v) is 3.83. The van der Waals surface area contributed by atoms with Gasteiger partial charge in [0.2, 0.25) is 10.0 Å². The van der Waals surface area contributed by atoms with Gasteiger partial charge in [0.15, 0.2) is 5.96 Å². The van der Waals surface area contributed by atoms with Gasteiger partial charge in [0.25, 0.3) is 0 Å². The molecule has 0 spiro atoms. The molecule has 2 aromatic rings. The molecule has 0 amide bonds. The molecule has 0 aliphatic rings. The van der Waals surface area contributed by atoms with Crippen molar-refractivity contribution < 1.29 is 8.42 Å². The number of nitrogens with one attached hydrogen (secondary N) is 3. The van der Waals surface area contributed by atoms with Gasteiger partial charge in [-0.05, 0) is 38.6 Å². The molecule has 2 rings (SSSR count). The van der Waals surface area contributed by atoms with Crippen LogP contribution < -0.4 is 15.4 Å². The van der Waals surface area contributed by atoms with Gasteiger partial charge in [0.1, 0.15) is 0 Å². The van der Waals surface area contributed by atoms with Gasteiger partial charge in [0, 0.05) is 30.6 Å². The number of nitrogens with zero attached hydrogens (tertiary/aromatic N) is 2. The van der Waals surface area contributed by atoms with Gasteiger partial charge in [-0.1, -0.05) is 12.1 Å². The zero-order valence-electron chi connectivity index (χ0n) is 15.7. The molecule has 0 saturated carbocycles. The first-order valence-corrected chi connectivity index (χ1v) is 10.7. The molecule has 7 nitrogen and oxygen atoms in total. The summed E-state index contributed by atoms with van der Waals surface area (Å²) in [5.41, 5.74) is 0.828. The van der Waals surface area contributed by atoms with E-state index in [9.17, 15) is 8.42 Å². The smallest absolute Gasteiger partial charge is 0.240 e. The number of aromatic nitrogens is 1. The maximum absolute atomic E-state index is 11.9. The van der Waals surface area contributed by atoms with Crippen LogP contribution in [0.3, 0.4) is 0 Å². The molecule has 0 unspecified atom stereocenters. The quantitative estimate of drug-likeness (QED) is 0.281. The number of aryl methyl sites for hydroxylation is 1. The van der Waals surface area contributed by atoms with Crippen LogP contribution in [0.2, 0.25) is 0 Å². The minimum Gasteiger partial charge on any atom is -0.357 e. The fraction of sp³-hybridized carbons (Fsp3) is 0.412. The van der Waals surface area contributed by atoms with Gasteiger partial charge in [0.05, 0.1) is 16.4 Å². The molecule has 27 heavy (non-hydrogen) atoms. The van der Waals surface area contributed by atoms with E-state index in [1.54, 1.807) is 29.5 Å². The van der Waals surface area contributed by atoms with Gasteiger partial charge < -0.3 is 10.6 Å².